The van der Waals surface area contributed by atoms with E-state index in [-0.39, 0.29) is 17.2 Å². The molecule has 1 spiro atoms. The van der Waals surface area contributed by atoms with E-state index in [1.807, 2.05) is 0 Å². The third-order valence-electron chi connectivity index (χ3n) is 4.82. The molecule has 3 atom stereocenters. The molecule has 16 heavy (non-hydrogen) atoms. The summed E-state index contributed by atoms with van der Waals surface area (Å²) in [6.07, 6.45) is 7.54. The minimum absolute atomic E-state index is 0.0723. The molecule has 3 N–H and O–H groups in total. The fourth-order valence-electron chi connectivity index (χ4n) is 3.64. The lowest BCUT2D eigenvalue weighted by Gasteiger charge is -2.32. The van der Waals surface area contributed by atoms with Crippen LogP contribution >= 0.6 is 0 Å². The molecule has 0 bridgehead atoms. The van der Waals surface area contributed by atoms with Crippen LogP contribution in [-0.4, -0.2) is 19.0 Å². The minimum Gasteiger partial charge on any atom is -0.369 e. The van der Waals surface area contributed by atoms with Gasteiger partial charge in [0.15, 0.2) is 0 Å². The van der Waals surface area contributed by atoms with Crippen molar-refractivity contribution in [2.45, 2.75) is 45.4 Å². The van der Waals surface area contributed by atoms with Gasteiger partial charge >= 0.3 is 0 Å². The van der Waals surface area contributed by atoms with Crippen LogP contribution in [0.1, 0.15) is 45.4 Å². The summed E-state index contributed by atoms with van der Waals surface area (Å²) >= 11 is 0. The number of nitrogens with one attached hydrogen (secondary N) is 1. The first-order chi connectivity index (χ1) is 7.68. The Bertz CT molecular complexity index is 267. The topological polar surface area (TPSA) is 55.1 Å². The van der Waals surface area contributed by atoms with E-state index < -0.39 is 0 Å². The quantitative estimate of drug-likeness (QED) is 0.749. The Morgan fingerprint density at radius 1 is 1.44 bits per heavy atom. The molecule has 0 aromatic rings. The third kappa shape index (κ3) is 2.10. The van der Waals surface area contributed by atoms with Gasteiger partial charge in [-0.25, -0.2) is 0 Å². The van der Waals surface area contributed by atoms with Gasteiger partial charge in [0, 0.05) is 13.1 Å². The van der Waals surface area contributed by atoms with Gasteiger partial charge < -0.3 is 11.1 Å². The van der Waals surface area contributed by atoms with Crippen LogP contribution in [0.3, 0.4) is 0 Å². The van der Waals surface area contributed by atoms with Gasteiger partial charge in [-0.05, 0) is 30.6 Å². The molecular weight excluding hydrogens is 200 g/mol. The molecule has 3 heteroatoms. The molecule has 1 saturated heterocycles. The summed E-state index contributed by atoms with van der Waals surface area (Å²) in [6.45, 7) is 4.07. The van der Waals surface area contributed by atoms with E-state index in [0.29, 0.717) is 0 Å². The van der Waals surface area contributed by atoms with Crippen LogP contribution in [0.2, 0.25) is 0 Å². The molecule has 2 aliphatic rings. The van der Waals surface area contributed by atoms with Crippen molar-refractivity contribution in [2.75, 3.05) is 13.1 Å². The highest BCUT2D eigenvalue weighted by Crippen LogP contribution is 2.45. The number of amides is 1. The maximum atomic E-state index is 11.5. The van der Waals surface area contributed by atoms with Crippen molar-refractivity contribution in [1.82, 2.24) is 5.32 Å². The van der Waals surface area contributed by atoms with Crippen molar-refractivity contribution < 1.29 is 4.79 Å². The van der Waals surface area contributed by atoms with Gasteiger partial charge in [0.05, 0.1) is 5.92 Å². The molecule has 92 valence electrons. The van der Waals surface area contributed by atoms with Crippen LogP contribution < -0.4 is 11.1 Å². The SMILES string of the molecule is CCC1CCCC2(CC1)CNCC2C(N)=O. The van der Waals surface area contributed by atoms with Crippen molar-refractivity contribution in [3.8, 4) is 0 Å². The highest BCUT2D eigenvalue weighted by atomic mass is 16.1. The van der Waals surface area contributed by atoms with Crippen molar-refractivity contribution in [2.24, 2.45) is 23.0 Å². The lowest BCUT2D eigenvalue weighted by Crippen LogP contribution is -2.38. The van der Waals surface area contributed by atoms with Crippen LogP contribution in [0.15, 0.2) is 0 Å². The van der Waals surface area contributed by atoms with Gasteiger partial charge in [-0.3, -0.25) is 4.79 Å². The van der Waals surface area contributed by atoms with Gasteiger partial charge in [0.1, 0.15) is 0 Å². The smallest absolute Gasteiger partial charge is 0.222 e. The Morgan fingerprint density at radius 2 is 2.25 bits per heavy atom. The normalized spacial score (nSPS) is 39.8. The van der Waals surface area contributed by atoms with Crippen molar-refractivity contribution in [3.63, 3.8) is 0 Å². The summed E-state index contributed by atoms with van der Waals surface area (Å²) < 4.78 is 0. The molecule has 1 saturated carbocycles. The Morgan fingerprint density at radius 3 is 2.94 bits per heavy atom. The summed E-state index contributed by atoms with van der Waals surface area (Å²) in [5, 5.41) is 3.37. The average molecular weight is 224 g/mol. The Labute approximate surface area is 98.2 Å². The second kappa shape index (κ2) is 4.74. The average Bonchev–Trinajstić information content (AvgIpc) is 2.55. The highest BCUT2D eigenvalue weighted by molar-refractivity contribution is 5.78. The number of rotatable bonds is 2. The van der Waals surface area contributed by atoms with E-state index in [2.05, 4.69) is 12.2 Å². The molecule has 2 rings (SSSR count). The highest BCUT2D eigenvalue weighted by Gasteiger charge is 2.46. The lowest BCUT2D eigenvalue weighted by molar-refractivity contribution is -0.124. The van der Waals surface area contributed by atoms with E-state index >= 15 is 0 Å². The van der Waals surface area contributed by atoms with E-state index in [1.165, 1.54) is 38.5 Å². The zero-order valence-corrected chi connectivity index (χ0v) is 10.3. The number of hydrogen-bond donors (Lipinski definition) is 2. The number of primary amides is 1. The molecule has 0 aromatic heterocycles. The Hall–Kier alpha value is -0.570. The summed E-state index contributed by atoms with van der Waals surface area (Å²) in [4.78, 5) is 11.5. The number of nitrogens with two attached hydrogens (primary N) is 1. The van der Waals surface area contributed by atoms with E-state index in [9.17, 15) is 4.79 Å². The van der Waals surface area contributed by atoms with E-state index in [0.717, 1.165) is 19.0 Å². The van der Waals surface area contributed by atoms with E-state index in [4.69, 9.17) is 5.73 Å². The molecule has 3 unspecified atom stereocenters. The summed E-state index contributed by atoms with van der Waals surface area (Å²) in [7, 11) is 0. The van der Waals surface area contributed by atoms with Gasteiger partial charge in [0.2, 0.25) is 5.91 Å². The van der Waals surface area contributed by atoms with Gasteiger partial charge in [-0.2, -0.15) is 0 Å². The summed E-state index contributed by atoms with van der Waals surface area (Å²) in [6, 6.07) is 0. The summed E-state index contributed by atoms with van der Waals surface area (Å²) in [5.41, 5.74) is 5.73. The van der Waals surface area contributed by atoms with Gasteiger partial charge in [-0.1, -0.05) is 26.2 Å². The zero-order chi connectivity index (χ0) is 11.6. The van der Waals surface area contributed by atoms with Crippen molar-refractivity contribution >= 4 is 5.91 Å². The van der Waals surface area contributed by atoms with Gasteiger partial charge in [-0.15, -0.1) is 0 Å². The fourth-order valence-corrected chi connectivity index (χ4v) is 3.64. The number of hydrogen-bond acceptors (Lipinski definition) is 2. The van der Waals surface area contributed by atoms with Crippen LogP contribution in [0.4, 0.5) is 0 Å². The van der Waals surface area contributed by atoms with Crippen LogP contribution in [-0.2, 0) is 4.79 Å². The molecule has 2 fully saturated rings. The number of carbonyl (C=O) groups is 1. The second-order valence-electron chi connectivity index (χ2n) is 5.65. The van der Waals surface area contributed by atoms with Crippen molar-refractivity contribution in [3.05, 3.63) is 0 Å². The maximum absolute atomic E-state index is 11.5. The standard InChI is InChI=1S/C13H24N2O/c1-2-10-4-3-6-13(7-5-10)9-15-8-11(13)12(14)16/h10-11,15H,2-9H2,1H3,(H2,14,16). The van der Waals surface area contributed by atoms with Crippen LogP contribution in [0, 0.1) is 17.3 Å². The monoisotopic (exact) mass is 224 g/mol. The Balaban J connectivity index is 2.09. The predicted octanol–water partition coefficient (Wildman–Crippen LogP) is 1.67. The van der Waals surface area contributed by atoms with Crippen LogP contribution in [0.25, 0.3) is 0 Å². The first kappa shape index (κ1) is 11.9. The largest absolute Gasteiger partial charge is 0.369 e. The Kier molecular flexibility index (Phi) is 3.53. The maximum Gasteiger partial charge on any atom is 0.222 e. The van der Waals surface area contributed by atoms with Crippen LogP contribution in [0.5, 0.6) is 0 Å². The summed E-state index contributed by atoms with van der Waals surface area (Å²) in [5.74, 6) is 0.844. The molecule has 0 aromatic carbocycles. The van der Waals surface area contributed by atoms with Gasteiger partial charge in [0.25, 0.3) is 0 Å². The fraction of sp³-hybridized carbons (Fsp3) is 0.923. The third-order valence-corrected chi connectivity index (χ3v) is 4.82. The lowest BCUT2D eigenvalue weighted by atomic mass is 9.72. The molecule has 1 heterocycles. The molecule has 1 amide bonds. The molecular formula is C13H24N2O. The molecule has 3 nitrogen and oxygen atoms in total. The molecule has 1 aliphatic carbocycles. The van der Waals surface area contributed by atoms with E-state index in [1.54, 1.807) is 0 Å². The molecule has 1 aliphatic heterocycles. The molecule has 0 radical (unpaired) electrons. The predicted molar refractivity (Wildman–Crippen MR) is 64.9 cm³/mol. The number of carbonyl (C=O) groups excluding carboxylic acids is 1. The minimum atomic E-state index is -0.0973. The second-order valence-corrected chi connectivity index (χ2v) is 5.65. The first-order valence-electron chi connectivity index (χ1n) is 6.68. The first-order valence-corrected chi connectivity index (χ1v) is 6.68. The zero-order valence-electron chi connectivity index (χ0n) is 10.3. The van der Waals surface area contributed by atoms with Crippen molar-refractivity contribution in [1.29, 1.82) is 0 Å².